The third kappa shape index (κ3) is 3.61. The van der Waals surface area contributed by atoms with Gasteiger partial charge in [-0.05, 0) is 37.1 Å². The van der Waals surface area contributed by atoms with Crippen molar-refractivity contribution in [3.63, 3.8) is 0 Å². The monoisotopic (exact) mass is 296 g/mol. The molecule has 2 aromatic rings. The van der Waals surface area contributed by atoms with Crippen molar-refractivity contribution >= 4 is 17.4 Å². The first-order valence-corrected chi connectivity index (χ1v) is 7.75. The molecular weight excluding hydrogens is 276 g/mol. The fourth-order valence-corrected chi connectivity index (χ4v) is 2.65. The number of carbonyl (C=O) groups excluding carboxylic acids is 1. The van der Waals surface area contributed by atoms with E-state index < -0.39 is 0 Å². The number of nitrogens with one attached hydrogen (secondary N) is 1. The van der Waals surface area contributed by atoms with Crippen molar-refractivity contribution in [1.29, 1.82) is 0 Å². The Morgan fingerprint density at radius 3 is 2.50 bits per heavy atom. The van der Waals surface area contributed by atoms with E-state index in [-0.39, 0.29) is 5.91 Å². The predicted octanol–water partition coefficient (Wildman–Crippen LogP) is 3.11. The minimum Gasteiger partial charge on any atom is -0.357 e. The van der Waals surface area contributed by atoms with Gasteiger partial charge in [0.15, 0.2) is 0 Å². The van der Waals surface area contributed by atoms with Gasteiger partial charge in [0.1, 0.15) is 5.82 Å². The van der Waals surface area contributed by atoms with Crippen LogP contribution in [0.25, 0.3) is 0 Å². The molecule has 0 atom stereocenters. The Morgan fingerprint density at radius 2 is 1.86 bits per heavy atom. The molecule has 0 bridgehead atoms. The van der Waals surface area contributed by atoms with Crippen LogP contribution >= 0.6 is 0 Å². The Kier molecular flexibility index (Phi) is 4.63. The van der Waals surface area contributed by atoms with Crippen molar-refractivity contribution in [2.24, 2.45) is 0 Å². The van der Waals surface area contributed by atoms with Crippen molar-refractivity contribution < 1.29 is 4.79 Å². The molecule has 0 radical (unpaired) electrons. The maximum Gasteiger partial charge on any atom is 0.257 e. The quantitative estimate of drug-likeness (QED) is 0.945. The van der Waals surface area contributed by atoms with E-state index in [2.05, 4.69) is 20.2 Å². The molecule has 0 unspecified atom stereocenters. The Hall–Kier alpha value is -2.43. The summed E-state index contributed by atoms with van der Waals surface area (Å²) in [7, 11) is 0. The number of carbonyl (C=O) groups is 1. The van der Waals surface area contributed by atoms with Crippen LogP contribution in [0, 0.1) is 0 Å². The van der Waals surface area contributed by atoms with E-state index in [1.54, 1.807) is 30.7 Å². The molecular formula is C17H20N4O. The Balaban J connectivity index is 1.65. The highest BCUT2D eigenvalue weighted by atomic mass is 16.1. The fraction of sp³-hybridized carbons (Fsp3) is 0.353. The Labute approximate surface area is 130 Å². The van der Waals surface area contributed by atoms with E-state index in [4.69, 9.17) is 0 Å². The topological polar surface area (TPSA) is 58.1 Å². The number of hydrogen-bond donors (Lipinski definition) is 1. The number of anilines is 2. The number of pyridine rings is 2. The zero-order valence-corrected chi connectivity index (χ0v) is 12.5. The van der Waals surface area contributed by atoms with Crippen LogP contribution in [-0.2, 0) is 0 Å². The van der Waals surface area contributed by atoms with Gasteiger partial charge >= 0.3 is 0 Å². The zero-order chi connectivity index (χ0) is 15.2. The first kappa shape index (κ1) is 14.5. The summed E-state index contributed by atoms with van der Waals surface area (Å²) in [6.45, 7) is 2.13. The molecule has 1 aliphatic rings. The summed E-state index contributed by atoms with van der Waals surface area (Å²) in [6.07, 6.45) is 9.96. The molecule has 2 aromatic heterocycles. The van der Waals surface area contributed by atoms with Crippen LogP contribution in [0.3, 0.4) is 0 Å². The highest BCUT2D eigenvalue weighted by Crippen LogP contribution is 2.19. The lowest BCUT2D eigenvalue weighted by Gasteiger charge is -2.21. The van der Waals surface area contributed by atoms with Crippen LogP contribution in [0.4, 0.5) is 11.5 Å². The van der Waals surface area contributed by atoms with E-state index in [9.17, 15) is 4.79 Å². The second kappa shape index (κ2) is 7.02. The second-order valence-corrected chi connectivity index (χ2v) is 5.50. The van der Waals surface area contributed by atoms with Gasteiger partial charge in [0.2, 0.25) is 0 Å². The largest absolute Gasteiger partial charge is 0.357 e. The predicted molar refractivity (Wildman–Crippen MR) is 87.1 cm³/mol. The van der Waals surface area contributed by atoms with Gasteiger partial charge in [0, 0.05) is 25.5 Å². The lowest BCUT2D eigenvalue weighted by molar-refractivity contribution is 0.102. The molecule has 22 heavy (non-hydrogen) atoms. The number of nitrogens with zero attached hydrogens (tertiary/aromatic N) is 3. The fourth-order valence-electron chi connectivity index (χ4n) is 2.65. The maximum atomic E-state index is 12.1. The average molecular weight is 296 g/mol. The molecule has 0 spiro atoms. The molecule has 1 fully saturated rings. The van der Waals surface area contributed by atoms with Crippen molar-refractivity contribution in [3.05, 3.63) is 48.4 Å². The summed E-state index contributed by atoms with van der Waals surface area (Å²) in [5.41, 5.74) is 1.24. The van der Waals surface area contributed by atoms with Crippen molar-refractivity contribution in [2.75, 3.05) is 23.3 Å². The Morgan fingerprint density at radius 1 is 1.05 bits per heavy atom. The molecule has 1 N–H and O–H groups in total. The van der Waals surface area contributed by atoms with Gasteiger partial charge in [-0.2, -0.15) is 0 Å². The van der Waals surface area contributed by atoms with Crippen LogP contribution in [0.2, 0.25) is 0 Å². The maximum absolute atomic E-state index is 12.1. The first-order valence-electron chi connectivity index (χ1n) is 7.75. The van der Waals surface area contributed by atoms with Gasteiger partial charge in [0.25, 0.3) is 5.91 Å². The molecule has 0 aliphatic carbocycles. The molecule has 3 heterocycles. The van der Waals surface area contributed by atoms with E-state index >= 15 is 0 Å². The minimum absolute atomic E-state index is 0.169. The SMILES string of the molecule is O=C(Nc1ccc(N2CCCCCC2)nc1)c1cccnc1. The summed E-state index contributed by atoms with van der Waals surface area (Å²) in [4.78, 5) is 22.8. The normalized spacial score (nSPS) is 15.2. The highest BCUT2D eigenvalue weighted by Gasteiger charge is 2.11. The van der Waals surface area contributed by atoms with Gasteiger partial charge in [0.05, 0.1) is 17.4 Å². The summed E-state index contributed by atoms with van der Waals surface area (Å²) in [5.74, 6) is 0.818. The summed E-state index contributed by atoms with van der Waals surface area (Å²) < 4.78 is 0. The smallest absolute Gasteiger partial charge is 0.257 e. The third-order valence-corrected chi connectivity index (χ3v) is 3.86. The third-order valence-electron chi connectivity index (χ3n) is 3.86. The van der Waals surface area contributed by atoms with E-state index in [1.165, 1.54) is 25.7 Å². The number of rotatable bonds is 3. The summed E-state index contributed by atoms with van der Waals surface area (Å²) >= 11 is 0. The molecule has 114 valence electrons. The molecule has 3 rings (SSSR count). The average Bonchev–Trinajstić information content (AvgIpc) is 2.86. The molecule has 1 aliphatic heterocycles. The van der Waals surface area contributed by atoms with Crippen LogP contribution < -0.4 is 10.2 Å². The molecule has 5 heteroatoms. The molecule has 1 amide bonds. The summed E-state index contributed by atoms with van der Waals surface area (Å²) in [6, 6.07) is 7.36. The lowest BCUT2D eigenvalue weighted by atomic mass is 10.2. The van der Waals surface area contributed by atoms with Crippen LogP contribution in [0.1, 0.15) is 36.0 Å². The number of aromatic nitrogens is 2. The Bertz CT molecular complexity index is 604. The number of hydrogen-bond acceptors (Lipinski definition) is 4. The van der Waals surface area contributed by atoms with E-state index in [0.29, 0.717) is 11.3 Å². The lowest BCUT2D eigenvalue weighted by Crippen LogP contribution is -2.24. The van der Waals surface area contributed by atoms with Crippen LogP contribution in [0.15, 0.2) is 42.9 Å². The van der Waals surface area contributed by atoms with Crippen LogP contribution in [-0.4, -0.2) is 29.0 Å². The second-order valence-electron chi connectivity index (χ2n) is 5.50. The van der Waals surface area contributed by atoms with Crippen molar-refractivity contribution in [3.8, 4) is 0 Å². The number of amides is 1. The highest BCUT2D eigenvalue weighted by molar-refractivity contribution is 6.03. The van der Waals surface area contributed by atoms with Gasteiger partial charge < -0.3 is 10.2 Å². The van der Waals surface area contributed by atoms with Crippen molar-refractivity contribution in [1.82, 2.24) is 9.97 Å². The van der Waals surface area contributed by atoms with E-state index in [0.717, 1.165) is 18.9 Å². The van der Waals surface area contributed by atoms with Gasteiger partial charge in [-0.25, -0.2) is 4.98 Å². The zero-order valence-electron chi connectivity index (χ0n) is 12.5. The first-order chi connectivity index (χ1) is 10.8. The molecule has 0 saturated carbocycles. The molecule has 0 aromatic carbocycles. The van der Waals surface area contributed by atoms with Gasteiger partial charge in [-0.15, -0.1) is 0 Å². The van der Waals surface area contributed by atoms with Gasteiger partial charge in [-0.3, -0.25) is 9.78 Å². The summed E-state index contributed by atoms with van der Waals surface area (Å²) in [5, 5.41) is 2.84. The molecule has 1 saturated heterocycles. The van der Waals surface area contributed by atoms with Crippen LogP contribution in [0.5, 0.6) is 0 Å². The minimum atomic E-state index is -0.169. The van der Waals surface area contributed by atoms with Crippen molar-refractivity contribution in [2.45, 2.75) is 25.7 Å². The molecule has 5 nitrogen and oxygen atoms in total. The van der Waals surface area contributed by atoms with E-state index in [1.807, 2.05) is 12.1 Å². The van der Waals surface area contributed by atoms with Gasteiger partial charge in [-0.1, -0.05) is 12.8 Å². The standard InChI is InChI=1S/C17H20N4O/c22-17(14-6-5-9-18-12-14)20-15-7-8-16(19-13-15)21-10-3-1-2-4-11-21/h5-9,12-13H,1-4,10-11H2,(H,20,22).